The number of hydrogen-bond acceptors (Lipinski definition) is 3. The fraction of sp³-hybridized carbons (Fsp3) is 0.333. The third-order valence-electron chi connectivity index (χ3n) is 4.32. The second kappa shape index (κ2) is 7.13. The van der Waals surface area contributed by atoms with Crippen molar-refractivity contribution >= 4 is 28.8 Å². The van der Waals surface area contributed by atoms with Gasteiger partial charge in [-0.1, -0.05) is 12.1 Å². The Labute approximate surface area is 144 Å². The van der Waals surface area contributed by atoms with Crippen LogP contribution in [0.15, 0.2) is 35.7 Å². The minimum absolute atomic E-state index is 0.0319. The lowest BCUT2D eigenvalue weighted by atomic mass is 9.95. The van der Waals surface area contributed by atoms with E-state index in [1.165, 1.54) is 17.4 Å². The van der Waals surface area contributed by atoms with Crippen molar-refractivity contribution in [2.45, 2.75) is 19.8 Å². The monoisotopic (exact) mass is 346 g/mol. The van der Waals surface area contributed by atoms with E-state index in [1.54, 1.807) is 24.0 Å². The predicted molar refractivity (Wildman–Crippen MR) is 92.7 cm³/mol. The van der Waals surface area contributed by atoms with Gasteiger partial charge in [0.2, 0.25) is 5.91 Å². The van der Waals surface area contributed by atoms with Gasteiger partial charge in [0.05, 0.1) is 4.88 Å². The smallest absolute Gasteiger partial charge is 0.263 e. The quantitative estimate of drug-likeness (QED) is 0.921. The van der Waals surface area contributed by atoms with Gasteiger partial charge in [-0.15, -0.1) is 11.3 Å². The Balaban J connectivity index is 1.55. The number of piperidine rings is 1. The molecular formula is C18H19FN2O2S. The predicted octanol–water partition coefficient (Wildman–Crippen LogP) is 3.69. The molecule has 3 rings (SSSR count). The van der Waals surface area contributed by atoms with E-state index in [-0.39, 0.29) is 23.5 Å². The molecule has 1 aromatic heterocycles. The summed E-state index contributed by atoms with van der Waals surface area (Å²) in [6, 6.07) is 8.36. The zero-order valence-corrected chi connectivity index (χ0v) is 14.2. The molecule has 1 aromatic carbocycles. The van der Waals surface area contributed by atoms with Crippen molar-refractivity contribution in [3.05, 3.63) is 52.0 Å². The van der Waals surface area contributed by atoms with Crippen molar-refractivity contribution < 1.29 is 14.0 Å². The lowest BCUT2D eigenvalue weighted by Crippen LogP contribution is -2.41. The Bertz CT molecular complexity index is 737. The number of halogens is 1. The number of rotatable bonds is 3. The van der Waals surface area contributed by atoms with Crippen LogP contribution in [-0.4, -0.2) is 29.8 Å². The van der Waals surface area contributed by atoms with Gasteiger partial charge in [-0.05, 0) is 48.9 Å². The Hall–Kier alpha value is -2.21. The maximum atomic E-state index is 13.6. The minimum Gasteiger partial charge on any atom is -0.338 e. The van der Waals surface area contributed by atoms with Crippen LogP contribution in [0.5, 0.6) is 0 Å². The minimum atomic E-state index is -0.329. The highest BCUT2D eigenvalue weighted by Crippen LogP contribution is 2.22. The summed E-state index contributed by atoms with van der Waals surface area (Å²) in [6.07, 6.45) is 1.24. The van der Waals surface area contributed by atoms with Crippen LogP contribution in [0.25, 0.3) is 0 Å². The SMILES string of the molecule is Cc1ccc(NC(=O)C2CCN(C(=O)c3cccs3)CC2)cc1F. The molecule has 2 heterocycles. The summed E-state index contributed by atoms with van der Waals surface area (Å²) in [4.78, 5) is 27.1. The topological polar surface area (TPSA) is 49.4 Å². The zero-order valence-electron chi connectivity index (χ0n) is 13.4. The van der Waals surface area contributed by atoms with Crippen LogP contribution in [0.1, 0.15) is 28.1 Å². The molecule has 24 heavy (non-hydrogen) atoms. The average Bonchev–Trinajstić information content (AvgIpc) is 3.12. The zero-order chi connectivity index (χ0) is 17.1. The highest BCUT2D eigenvalue weighted by molar-refractivity contribution is 7.12. The van der Waals surface area contributed by atoms with E-state index in [0.29, 0.717) is 37.2 Å². The summed E-state index contributed by atoms with van der Waals surface area (Å²) in [5.41, 5.74) is 1.02. The van der Waals surface area contributed by atoms with Crippen LogP contribution < -0.4 is 5.32 Å². The third kappa shape index (κ3) is 3.64. The number of likely N-dealkylation sites (tertiary alicyclic amines) is 1. The Morgan fingerprint density at radius 3 is 2.62 bits per heavy atom. The van der Waals surface area contributed by atoms with E-state index in [1.807, 2.05) is 17.5 Å². The Morgan fingerprint density at radius 2 is 2.00 bits per heavy atom. The molecule has 4 nitrogen and oxygen atoms in total. The van der Waals surface area contributed by atoms with E-state index in [9.17, 15) is 14.0 Å². The number of nitrogens with zero attached hydrogens (tertiary/aromatic N) is 1. The summed E-state index contributed by atoms with van der Waals surface area (Å²) < 4.78 is 13.6. The normalized spacial score (nSPS) is 15.3. The first kappa shape index (κ1) is 16.6. The van der Waals surface area contributed by atoms with E-state index in [4.69, 9.17) is 0 Å². The molecular weight excluding hydrogens is 327 g/mol. The Morgan fingerprint density at radius 1 is 1.25 bits per heavy atom. The number of anilines is 1. The highest BCUT2D eigenvalue weighted by Gasteiger charge is 2.28. The molecule has 0 radical (unpaired) electrons. The first-order chi connectivity index (χ1) is 11.5. The van der Waals surface area contributed by atoms with Crippen molar-refractivity contribution in [3.63, 3.8) is 0 Å². The third-order valence-corrected chi connectivity index (χ3v) is 5.18. The molecule has 0 saturated carbocycles. The summed E-state index contributed by atoms with van der Waals surface area (Å²) in [7, 11) is 0. The molecule has 1 aliphatic heterocycles. The molecule has 0 spiro atoms. The molecule has 2 amide bonds. The molecule has 126 valence electrons. The lowest BCUT2D eigenvalue weighted by molar-refractivity contribution is -0.121. The van der Waals surface area contributed by atoms with Gasteiger partial charge in [-0.2, -0.15) is 0 Å². The summed E-state index contributed by atoms with van der Waals surface area (Å²) in [5, 5.41) is 4.65. The summed E-state index contributed by atoms with van der Waals surface area (Å²) in [6.45, 7) is 2.81. The second-order valence-corrected chi connectivity index (χ2v) is 6.94. The molecule has 6 heteroatoms. The number of nitrogens with one attached hydrogen (secondary N) is 1. The van der Waals surface area contributed by atoms with Gasteiger partial charge in [0.25, 0.3) is 5.91 Å². The number of amides is 2. The molecule has 0 atom stereocenters. The van der Waals surface area contributed by atoms with Crippen LogP contribution in [0.3, 0.4) is 0 Å². The largest absolute Gasteiger partial charge is 0.338 e. The van der Waals surface area contributed by atoms with Crippen molar-refractivity contribution in [3.8, 4) is 0 Å². The first-order valence-corrected chi connectivity index (χ1v) is 8.82. The van der Waals surface area contributed by atoms with E-state index in [2.05, 4.69) is 5.32 Å². The maximum Gasteiger partial charge on any atom is 0.263 e. The van der Waals surface area contributed by atoms with Gasteiger partial charge in [-0.25, -0.2) is 4.39 Å². The summed E-state index contributed by atoms with van der Waals surface area (Å²) >= 11 is 1.43. The maximum absolute atomic E-state index is 13.6. The fourth-order valence-electron chi connectivity index (χ4n) is 2.82. The van der Waals surface area contributed by atoms with Gasteiger partial charge in [-0.3, -0.25) is 9.59 Å². The lowest BCUT2D eigenvalue weighted by Gasteiger charge is -2.31. The molecule has 1 saturated heterocycles. The second-order valence-electron chi connectivity index (χ2n) is 6.00. The number of hydrogen-bond donors (Lipinski definition) is 1. The Kier molecular flexibility index (Phi) is 4.94. The molecule has 1 fully saturated rings. The standard InChI is InChI=1S/C18H19FN2O2S/c1-12-4-5-14(11-15(12)19)20-17(22)13-6-8-21(9-7-13)18(23)16-3-2-10-24-16/h2-5,10-11,13H,6-9H2,1H3,(H,20,22). The highest BCUT2D eigenvalue weighted by atomic mass is 32.1. The fourth-order valence-corrected chi connectivity index (χ4v) is 3.51. The molecule has 2 aromatic rings. The molecule has 1 aliphatic rings. The van der Waals surface area contributed by atoms with Crippen molar-refractivity contribution in [1.29, 1.82) is 0 Å². The number of benzene rings is 1. The number of aryl methyl sites for hydroxylation is 1. The van der Waals surface area contributed by atoms with Crippen LogP contribution in [0, 0.1) is 18.7 Å². The molecule has 0 bridgehead atoms. The van der Waals surface area contributed by atoms with Gasteiger partial charge in [0.1, 0.15) is 5.82 Å². The van der Waals surface area contributed by atoms with E-state index < -0.39 is 0 Å². The van der Waals surface area contributed by atoms with Gasteiger partial charge >= 0.3 is 0 Å². The van der Waals surface area contributed by atoms with Crippen LogP contribution >= 0.6 is 11.3 Å². The van der Waals surface area contributed by atoms with Gasteiger partial charge < -0.3 is 10.2 Å². The number of carbonyl (C=O) groups excluding carboxylic acids is 2. The van der Waals surface area contributed by atoms with Crippen LogP contribution in [-0.2, 0) is 4.79 Å². The average molecular weight is 346 g/mol. The number of thiophene rings is 1. The van der Waals surface area contributed by atoms with Crippen molar-refractivity contribution in [1.82, 2.24) is 4.90 Å². The van der Waals surface area contributed by atoms with Crippen LogP contribution in [0.4, 0.5) is 10.1 Å². The van der Waals surface area contributed by atoms with Crippen molar-refractivity contribution in [2.24, 2.45) is 5.92 Å². The van der Waals surface area contributed by atoms with E-state index >= 15 is 0 Å². The number of carbonyl (C=O) groups is 2. The van der Waals surface area contributed by atoms with Gasteiger partial charge in [0, 0.05) is 24.7 Å². The van der Waals surface area contributed by atoms with E-state index in [0.717, 1.165) is 4.88 Å². The molecule has 0 unspecified atom stereocenters. The molecule has 1 N–H and O–H groups in total. The first-order valence-electron chi connectivity index (χ1n) is 7.94. The van der Waals surface area contributed by atoms with Gasteiger partial charge in [0.15, 0.2) is 0 Å². The van der Waals surface area contributed by atoms with Crippen LogP contribution in [0.2, 0.25) is 0 Å². The van der Waals surface area contributed by atoms with Crippen molar-refractivity contribution in [2.75, 3.05) is 18.4 Å². The summed E-state index contributed by atoms with van der Waals surface area (Å²) in [5.74, 6) is -0.558. The molecule has 0 aliphatic carbocycles.